The van der Waals surface area contributed by atoms with Crippen LogP contribution in [-0.4, -0.2) is 39.7 Å². The molecule has 1 atom stereocenters. The standard InChI is InChI=1S/C21H30N4O/c1-14(2)20-19(13-23-25(20)18-7-5-15(3)6-8-18)21(26)24-11-9-17(10-12-24)16(4)22/h5-8,13-14,16-17H,9-12,22H2,1-4H3. The second-order valence-electron chi connectivity index (χ2n) is 7.83. The Balaban J connectivity index is 1.86. The number of carbonyl (C=O) groups is 1. The van der Waals surface area contributed by atoms with Crippen LogP contribution in [0.3, 0.4) is 0 Å². The van der Waals surface area contributed by atoms with E-state index in [2.05, 4.69) is 57.1 Å². The van der Waals surface area contributed by atoms with Gasteiger partial charge in [0.05, 0.1) is 23.1 Å². The van der Waals surface area contributed by atoms with Gasteiger partial charge in [-0.15, -0.1) is 0 Å². The maximum atomic E-state index is 13.1. The van der Waals surface area contributed by atoms with Gasteiger partial charge in [0.2, 0.25) is 0 Å². The number of likely N-dealkylation sites (tertiary alicyclic amines) is 1. The first kappa shape index (κ1) is 18.6. The maximum absolute atomic E-state index is 13.1. The van der Waals surface area contributed by atoms with Gasteiger partial charge in [-0.1, -0.05) is 31.5 Å². The molecule has 2 N–H and O–H groups in total. The molecular formula is C21H30N4O. The molecule has 1 fully saturated rings. The Labute approximate surface area is 156 Å². The number of benzene rings is 1. The molecule has 2 aromatic rings. The summed E-state index contributed by atoms with van der Waals surface area (Å²) in [6.45, 7) is 9.90. The molecule has 0 bridgehead atoms. The third kappa shape index (κ3) is 3.68. The summed E-state index contributed by atoms with van der Waals surface area (Å²) in [7, 11) is 0. The lowest BCUT2D eigenvalue weighted by molar-refractivity contribution is 0.0679. The predicted octanol–water partition coefficient (Wildman–Crippen LogP) is 3.50. The number of aryl methyl sites for hydroxylation is 1. The van der Waals surface area contributed by atoms with Gasteiger partial charge in [-0.05, 0) is 50.7 Å². The number of amides is 1. The molecule has 3 rings (SSSR count). The molecule has 26 heavy (non-hydrogen) atoms. The first-order chi connectivity index (χ1) is 12.4. The van der Waals surface area contributed by atoms with Crippen LogP contribution >= 0.6 is 0 Å². The van der Waals surface area contributed by atoms with Gasteiger partial charge < -0.3 is 10.6 Å². The van der Waals surface area contributed by atoms with Crippen molar-refractivity contribution in [1.82, 2.24) is 14.7 Å². The van der Waals surface area contributed by atoms with Crippen LogP contribution in [0.5, 0.6) is 0 Å². The van der Waals surface area contributed by atoms with Gasteiger partial charge >= 0.3 is 0 Å². The normalized spacial score (nSPS) is 16.9. The van der Waals surface area contributed by atoms with E-state index in [0.29, 0.717) is 5.92 Å². The van der Waals surface area contributed by atoms with Crippen LogP contribution in [0, 0.1) is 12.8 Å². The molecule has 5 nitrogen and oxygen atoms in total. The largest absolute Gasteiger partial charge is 0.339 e. The van der Waals surface area contributed by atoms with Crippen LogP contribution in [0.25, 0.3) is 5.69 Å². The first-order valence-corrected chi connectivity index (χ1v) is 9.58. The zero-order valence-corrected chi connectivity index (χ0v) is 16.3. The van der Waals surface area contributed by atoms with E-state index in [1.54, 1.807) is 6.20 Å². The number of nitrogens with two attached hydrogens (primary N) is 1. The monoisotopic (exact) mass is 354 g/mol. The summed E-state index contributed by atoms with van der Waals surface area (Å²) >= 11 is 0. The average molecular weight is 354 g/mol. The van der Waals surface area contributed by atoms with Crippen molar-refractivity contribution in [1.29, 1.82) is 0 Å². The Morgan fingerprint density at radius 3 is 2.31 bits per heavy atom. The van der Waals surface area contributed by atoms with E-state index in [9.17, 15) is 4.79 Å². The molecule has 1 amide bonds. The summed E-state index contributed by atoms with van der Waals surface area (Å²) in [5, 5.41) is 4.55. The van der Waals surface area contributed by atoms with E-state index in [-0.39, 0.29) is 17.9 Å². The highest BCUT2D eigenvalue weighted by molar-refractivity contribution is 5.95. The molecule has 0 spiro atoms. The molecule has 1 aromatic carbocycles. The van der Waals surface area contributed by atoms with Crippen LogP contribution in [0.1, 0.15) is 61.1 Å². The van der Waals surface area contributed by atoms with E-state index >= 15 is 0 Å². The Bertz CT molecular complexity index is 753. The number of hydrogen-bond acceptors (Lipinski definition) is 3. The average Bonchev–Trinajstić information content (AvgIpc) is 3.07. The van der Waals surface area contributed by atoms with Crippen molar-refractivity contribution >= 4 is 5.91 Å². The lowest BCUT2D eigenvalue weighted by Crippen LogP contribution is -2.42. The highest BCUT2D eigenvalue weighted by Gasteiger charge is 2.29. The van der Waals surface area contributed by atoms with Gasteiger partial charge in [0.15, 0.2) is 0 Å². The quantitative estimate of drug-likeness (QED) is 0.914. The summed E-state index contributed by atoms with van der Waals surface area (Å²) < 4.78 is 1.91. The van der Waals surface area contributed by atoms with Gasteiger partial charge in [0.1, 0.15) is 0 Å². The molecule has 5 heteroatoms. The third-order valence-electron chi connectivity index (χ3n) is 5.43. The van der Waals surface area contributed by atoms with Crippen LogP contribution in [0.4, 0.5) is 0 Å². The Morgan fingerprint density at radius 1 is 1.15 bits per heavy atom. The minimum absolute atomic E-state index is 0.0928. The van der Waals surface area contributed by atoms with Gasteiger partial charge in [-0.3, -0.25) is 4.79 Å². The predicted molar refractivity (Wildman–Crippen MR) is 105 cm³/mol. The second-order valence-corrected chi connectivity index (χ2v) is 7.83. The molecule has 1 aliphatic rings. The Hall–Kier alpha value is -2.14. The fourth-order valence-electron chi connectivity index (χ4n) is 3.77. The number of nitrogens with zero attached hydrogens (tertiary/aromatic N) is 3. The molecular weight excluding hydrogens is 324 g/mol. The minimum atomic E-state index is 0.0928. The first-order valence-electron chi connectivity index (χ1n) is 9.58. The zero-order valence-electron chi connectivity index (χ0n) is 16.3. The van der Waals surface area contributed by atoms with Crippen LogP contribution in [-0.2, 0) is 0 Å². The van der Waals surface area contributed by atoms with Crippen molar-refractivity contribution in [2.24, 2.45) is 11.7 Å². The van der Waals surface area contributed by atoms with Crippen LogP contribution < -0.4 is 5.73 Å². The summed E-state index contributed by atoms with van der Waals surface area (Å²) in [5.41, 5.74) is 9.93. The highest BCUT2D eigenvalue weighted by atomic mass is 16.2. The third-order valence-corrected chi connectivity index (χ3v) is 5.43. The van der Waals surface area contributed by atoms with Gasteiger partial charge in [0, 0.05) is 19.1 Å². The fourth-order valence-corrected chi connectivity index (χ4v) is 3.77. The number of hydrogen-bond donors (Lipinski definition) is 1. The van der Waals surface area contributed by atoms with E-state index in [1.165, 1.54) is 5.56 Å². The molecule has 0 aliphatic carbocycles. The van der Waals surface area contributed by atoms with E-state index < -0.39 is 0 Å². The fraction of sp³-hybridized carbons (Fsp3) is 0.524. The number of piperidine rings is 1. The van der Waals surface area contributed by atoms with Crippen molar-refractivity contribution in [3.05, 3.63) is 47.3 Å². The summed E-state index contributed by atoms with van der Waals surface area (Å²) in [5.74, 6) is 0.813. The summed E-state index contributed by atoms with van der Waals surface area (Å²) in [6, 6.07) is 8.44. The van der Waals surface area contributed by atoms with Crippen molar-refractivity contribution < 1.29 is 4.79 Å². The maximum Gasteiger partial charge on any atom is 0.257 e. The number of rotatable bonds is 4. The number of carbonyl (C=O) groups excluding carboxylic acids is 1. The summed E-state index contributed by atoms with van der Waals surface area (Å²) in [4.78, 5) is 15.1. The van der Waals surface area contributed by atoms with Gasteiger partial charge in [-0.2, -0.15) is 5.10 Å². The smallest absolute Gasteiger partial charge is 0.257 e. The molecule has 0 saturated carbocycles. The topological polar surface area (TPSA) is 64.2 Å². The van der Waals surface area contributed by atoms with Crippen LogP contribution in [0.15, 0.2) is 30.5 Å². The molecule has 2 heterocycles. The van der Waals surface area contributed by atoms with Crippen molar-refractivity contribution in [2.75, 3.05) is 13.1 Å². The minimum Gasteiger partial charge on any atom is -0.339 e. The lowest BCUT2D eigenvalue weighted by atomic mass is 9.90. The SMILES string of the molecule is Cc1ccc(-n2ncc(C(=O)N3CCC(C(C)N)CC3)c2C(C)C)cc1. The number of aromatic nitrogens is 2. The molecule has 1 aliphatic heterocycles. The van der Waals surface area contributed by atoms with E-state index in [1.807, 2.05) is 9.58 Å². The Kier molecular flexibility index (Phi) is 5.47. The second kappa shape index (κ2) is 7.62. The molecule has 1 unspecified atom stereocenters. The Morgan fingerprint density at radius 2 is 1.77 bits per heavy atom. The molecule has 1 saturated heterocycles. The van der Waals surface area contributed by atoms with Crippen molar-refractivity contribution in [3.8, 4) is 5.69 Å². The van der Waals surface area contributed by atoms with Gasteiger partial charge in [-0.25, -0.2) is 4.68 Å². The molecule has 1 aromatic heterocycles. The van der Waals surface area contributed by atoms with Crippen molar-refractivity contribution in [3.63, 3.8) is 0 Å². The lowest BCUT2D eigenvalue weighted by Gasteiger charge is -2.33. The highest BCUT2D eigenvalue weighted by Crippen LogP contribution is 2.27. The van der Waals surface area contributed by atoms with Gasteiger partial charge in [0.25, 0.3) is 5.91 Å². The van der Waals surface area contributed by atoms with Crippen LogP contribution in [0.2, 0.25) is 0 Å². The molecule has 140 valence electrons. The zero-order chi connectivity index (χ0) is 18.8. The van der Waals surface area contributed by atoms with E-state index in [4.69, 9.17) is 5.73 Å². The molecule has 0 radical (unpaired) electrons. The van der Waals surface area contributed by atoms with E-state index in [0.717, 1.165) is 42.9 Å². The van der Waals surface area contributed by atoms with Crippen molar-refractivity contribution in [2.45, 2.75) is 52.5 Å². The summed E-state index contributed by atoms with van der Waals surface area (Å²) in [6.07, 6.45) is 3.69.